The van der Waals surface area contributed by atoms with Crippen molar-refractivity contribution in [3.05, 3.63) is 36.5 Å². The molecule has 0 rings (SSSR count). The second kappa shape index (κ2) is 50.3. The number of carbonyl (C=O) groups excluding carboxylic acids is 3. The summed E-state index contributed by atoms with van der Waals surface area (Å²) in [5.41, 5.74) is 0. The third-order valence-electron chi connectivity index (χ3n) is 11.7. The highest BCUT2D eigenvalue weighted by Crippen LogP contribution is 2.16. The normalized spacial score (nSPS) is 12.2. The van der Waals surface area contributed by atoms with Crippen molar-refractivity contribution < 1.29 is 28.6 Å². The largest absolute Gasteiger partial charge is 0.462 e. The first-order chi connectivity index (χ1) is 30.0. The lowest BCUT2D eigenvalue weighted by Crippen LogP contribution is -2.30. The van der Waals surface area contributed by atoms with Crippen LogP contribution < -0.4 is 0 Å². The van der Waals surface area contributed by atoms with Gasteiger partial charge in [-0.2, -0.15) is 0 Å². The Balaban J connectivity index is 4.33. The molecule has 0 saturated carbocycles. The third-order valence-corrected chi connectivity index (χ3v) is 11.7. The topological polar surface area (TPSA) is 78.9 Å². The summed E-state index contributed by atoms with van der Waals surface area (Å²) in [5, 5.41) is 0. The zero-order valence-corrected chi connectivity index (χ0v) is 40.7. The van der Waals surface area contributed by atoms with Crippen LogP contribution in [0.5, 0.6) is 0 Å². The monoisotopic (exact) mass is 857 g/mol. The number of hydrogen-bond acceptors (Lipinski definition) is 6. The molecular formula is C55H100O6. The molecule has 0 heterocycles. The molecule has 356 valence electrons. The molecule has 0 aliphatic rings. The molecule has 6 heteroatoms. The molecule has 1 unspecified atom stereocenters. The predicted molar refractivity (Wildman–Crippen MR) is 261 cm³/mol. The van der Waals surface area contributed by atoms with Gasteiger partial charge >= 0.3 is 17.9 Å². The van der Waals surface area contributed by atoms with Gasteiger partial charge in [0.05, 0.1) is 0 Å². The summed E-state index contributed by atoms with van der Waals surface area (Å²) in [6, 6.07) is 0. The molecule has 0 aromatic heterocycles. The highest BCUT2D eigenvalue weighted by atomic mass is 16.6. The summed E-state index contributed by atoms with van der Waals surface area (Å²) >= 11 is 0. The Kier molecular flexibility index (Phi) is 48.3. The molecule has 61 heavy (non-hydrogen) atoms. The third kappa shape index (κ3) is 48.5. The zero-order chi connectivity index (χ0) is 44.4. The van der Waals surface area contributed by atoms with Crippen LogP contribution in [-0.2, 0) is 28.6 Å². The van der Waals surface area contributed by atoms with Crippen molar-refractivity contribution >= 4 is 17.9 Å². The molecule has 6 nitrogen and oxygen atoms in total. The molecule has 0 radical (unpaired) electrons. The summed E-state index contributed by atoms with van der Waals surface area (Å²) in [5.74, 6) is -0.868. The number of rotatable bonds is 48. The summed E-state index contributed by atoms with van der Waals surface area (Å²) in [6.07, 6.45) is 58.4. The number of ether oxygens (including phenoxy) is 3. The highest BCUT2D eigenvalue weighted by molar-refractivity contribution is 5.71. The van der Waals surface area contributed by atoms with Crippen LogP contribution in [0.2, 0.25) is 0 Å². The molecule has 0 saturated heterocycles. The lowest BCUT2D eigenvalue weighted by molar-refractivity contribution is -0.167. The van der Waals surface area contributed by atoms with Crippen molar-refractivity contribution in [3.63, 3.8) is 0 Å². The van der Waals surface area contributed by atoms with E-state index in [9.17, 15) is 14.4 Å². The number of carbonyl (C=O) groups is 3. The maximum atomic E-state index is 12.8. The first-order valence-corrected chi connectivity index (χ1v) is 26.5. The Bertz CT molecular complexity index is 1030. The van der Waals surface area contributed by atoms with Gasteiger partial charge in [0, 0.05) is 19.3 Å². The van der Waals surface area contributed by atoms with Gasteiger partial charge in [0.15, 0.2) is 6.10 Å². The minimum Gasteiger partial charge on any atom is -0.462 e. The highest BCUT2D eigenvalue weighted by Gasteiger charge is 2.19. The van der Waals surface area contributed by atoms with Crippen LogP contribution in [-0.4, -0.2) is 37.2 Å². The molecule has 0 aromatic carbocycles. The fourth-order valence-electron chi connectivity index (χ4n) is 7.69. The van der Waals surface area contributed by atoms with E-state index in [0.717, 1.165) is 83.5 Å². The minimum absolute atomic E-state index is 0.0709. The molecule has 1 atom stereocenters. The second-order valence-corrected chi connectivity index (χ2v) is 17.8. The van der Waals surface area contributed by atoms with E-state index in [1.807, 2.05) is 0 Å². The van der Waals surface area contributed by atoms with E-state index in [2.05, 4.69) is 57.2 Å². The Labute approximate surface area is 378 Å². The van der Waals surface area contributed by atoms with Crippen LogP contribution in [0.15, 0.2) is 36.5 Å². The van der Waals surface area contributed by atoms with E-state index < -0.39 is 6.10 Å². The first kappa shape index (κ1) is 58.6. The van der Waals surface area contributed by atoms with Gasteiger partial charge < -0.3 is 14.2 Å². The Morgan fingerprint density at radius 3 is 1.00 bits per heavy atom. The molecule has 0 N–H and O–H groups in total. The number of hydrogen-bond donors (Lipinski definition) is 0. The van der Waals surface area contributed by atoms with Crippen molar-refractivity contribution in [2.45, 2.75) is 284 Å². The SMILES string of the molecule is CC/C=C\C/C=C\C/C=C\CCCCCCCCCC(=O)OCC(COC(=O)CCCCCCCCCCCCC)OC(=O)CCCCCCCCCCCCCCCCC. The van der Waals surface area contributed by atoms with Crippen LogP contribution in [0.3, 0.4) is 0 Å². The van der Waals surface area contributed by atoms with Crippen molar-refractivity contribution in [1.82, 2.24) is 0 Å². The van der Waals surface area contributed by atoms with Crippen LogP contribution in [0.4, 0.5) is 0 Å². The van der Waals surface area contributed by atoms with E-state index in [1.165, 1.54) is 154 Å². The first-order valence-electron chi connectivity index (χ1n) is 26.5. The Hall–Kier alpha value is -2.37. The molecule has 0 amide bonds. The van der Waals surface area contributed by atoms with E-state index >= 15 is 0 Å². The standard InChI is InChI=1S/C55H100O6/c1-4-7-10-13-16-19-22-24-26-27-29-30-33-36-39-42-45-48-54(57)60-51-52(50-59-53(56)47-44-41-38-35-32-21-18-15-12-9-6-3)61-55(58)49-46-43-40-37-34-31-28-25-23-20-17-14-11-8-5-2/h7,10,16,19,24,26,52H,4-6,8-9,11-15,17-18,20-23,25,27-51H2,1-3H3/b10-7-,19-16-,26-24-. The zero-order valence-electron chi connectivity index (χ0n) is 40.7. The molecule has 0 aromatic rings. The maximum absolute atomic E-state index is 12.8. The van der Waals surface area contributed by atoms with Crippen LogP contribution in [0.1, 0.15) is 278 Å². The van der Waals surface area contributed by atoms with Gasteiger partial charge in [-0.05, 0) is 51.4 Å². The van der Waals surface area contributed by atoms with E-state index in [4.69, 9.17) is 14.2 Å². The average molecular weight is 857 g/mol. The fourth-order valence-corrected chi connectivity index (χ4v) is 7.69. The van der Waals surface area contributed by atoms with Gasteiger partial charge in [-0.3, -0.25) is 14.4 Å². The van der Waals surface area contributed by atoms with Crippen LogP contribution in [0, 0.1) is 0 Å². The van der Waals surface area contributed by atoms with Crippen LogP contribution in [0.25, 0.3) is 0 Å². The van der Waals surface area contributed by atoms with Gasteiger partial charge in [-0.25, -0.2) is 0 Å². The van der Waals surface area contributed by atoms with Gasteiger partial charge in [0.2, 0.25) is 0 Å². The van der Waals surface area contributed by atoms with Crippen LogP contribution >= 0.6 is 0 Å². The van der Waals surface area contributed by atoms with Gasteiger partial charge in [-0.1, -0.05) is 243 Å². The number of esters is 3. The molecule has 0 bridgehead atoms. The van der Waals surface area contributed by atoms with Gasteiger partial charge in [0.1, 0.15) is 13.2 Å². The summed E-state index contributed by atoms with van der Waals surface area (Å²) in [6.45, 7) is 6.54. The molecule has 0 aliphatic carbocycles. The van der Waals surface area contributed by atoms with Gasteiger partial charge in [0.25, 0.3) is 0 Å². The van der Waals surface area contributed by atoms with Crippen molar-refractivity contribution in [1.29, 1.82) is 0 Å². The number of unbranched alkanes of at least 4 members (excludes halogenated alkanes) is 31. The van der Waals surface area contributed by atoms with Crippen molar-refractivity contribution in [2.24, 2.45) is 0 Å². The average Bonchev–Trinajstić information content (AvgIpc) is 3.26. The lowest BCUT2D eigenvalue weighted by atomic mass is 10.0. The van der Waals surface area contributed by atoms with Crippen molar-refractivity contribution in [3.8, 4) is 0 Å². The molecule has 0 spiro atoms. The fraction of sp³-hybridized carbons (Fsp3) is 0.836. The number of allylic oxidation sites excluding steroid dienone is 6. The second-order valence-electron chi connectivity index (χ2n) is 17.8. The maximum Gasteiger partial charge on any atom is 0.306 e. The smallest absolute Gasteiger partial charge is 0.306 e. The predicted octanol–water partition coefficient (Wildman–Crippen LogP) is 17.3. The lowest BCUT2D eigenvalue weighted by Gasteiger charge is -2.18. The Morgan fingerprint density at radius 2 is 0.639 bits per heavy atom. The van der Waals surface area contributed by atoms with E-state index in [1.54, 1.807) is 0 Å². The minimum atomic E-state index is -0.770. The van der Waals surface area contributed by atoms with Crippen molar-refractivity contribution in [2.75, 3.05) is 13.2 Å². The summed E-state index contributed by atoms with van der Waals surface area (Å²) < 4.78 is 16.8. The van der Waals surface area contributed by atoms with E-state index in [0.29, 0.717) is 19.3 Å². The van der Waals surface area contributed by atoms with Gasteiger partial charge in [-0.15, -0.1) is 0 Å². The summed E-state index contributed by atoms with van der Waals surface area (Å²) in [4.78, 5) is 38.0. The van der Waals surface area contributed by atoms with E-state index in [-0.39, 0.29) is 31.1 Å². The summed E-state index contributed by atoms with van der Waals surface area (Å²) in [7, 11) is 0. The molecule has 0 fully saturated rings. The molecular weight excluding hydrogens is 757 g/mol. The Morgan fingerprint density at radius 1 is 0.344 bits per heavy atom. The quantitative estimate of drug-likeness (QED) is 0.0262. The molecule has 0 aliphatic heterocycles.